The average Bonchev–Trinajstić information content (AvgIpc) is 3.38. The SMILES string of the molecule is CNC1CCC2(CC1)CCN(c1nc(Nc3cc(C)[nH]n3)c3cccn3n1)CC2. The number of hydrogen-bond acceptors (Lipinski definition) is 6. The van der Waals surface area contributed by atoms with Crippen LogP contribution in [0.25, 0.3) is 5.52 Å². The van der Waals surface area contributed by atoms with Gasteiger partial charge in [-0.1, -0.05) is 0 Å². The number of hydrogen-bond donors (Lipinski definition) is 3. The molecule has 1 saturated heterocycles. The van der Waals surface area contributed by atoms with Crippen LogP contribution in [0.4, 0.5) is 17.6 Å². The van der Waals surface area contributed by atoms with E-state index in [2.05, 4.69) is 32.8 Å². The monoisotopic (exact) mass is 394 g/mol. The van der Waals surface area contributed by atoms with Crippen molar-refractivity contribution in [2.24, 2.45) is 5.41 Å². The fraction of sp³-hybridized carbons (Fsp3) is 0.571. The minimum absolute atomic E-state index is 0.523. The Balaban J connectivity index is 1.34. The summed E-state index contributed by atoms with van der Waals surface area (Å²) in [4.78, 5) is 7.22. The van der Waals surface area contributed by atoms with Crippen molar-refractivity contribution >= 4 is 23.1 Å². The molecule has 0 radical (unpaired) electrons. The maximum atomic E-state index is 4.88. The van der Waals surface area contributed by atoms with Gasteiger partial charge >= 0.3 is 0 Å². The third-order valence-corrected chi connectivity index (χ3v) is 6.89. The number of rotatable bonds is 4. The van der Waals surface area contributed by atoms with Crippen LogP contribution in [0.5, 0.6) is 0 Å². The lowest BCUT2D eigenvalue weighted by Gasteiger charge is -2.46. The molecule has 0 amide bonds. The van der Waals surface area contributed by atoms with Gasteiger partial charge in [0.1, 0.15) is 5.52 Å². The van der Waals surface area contributed by atoms with Crippen molar-refractivity contribution in [1.82, 2.24) is 30.1 Å². The van der Waals surface area contributed by atoms with E-state index in [4.69, 9.17) is 10.1 Å². The van der Waals surface area contributed by atoms with Crippen molar-refractivity contribution in [3.63, 3.8) is 0 Å². The van der Waals surface area contributed by atoms with Crippen LogP contribution < -0.4 is 15.5 Å². The molecule has 8 heteroatoms. The van der Waals surface area contributed by atoms with E-state index >= 15 is 0 Å². The Hall–Kier alpha value is -2.61. The highest BCUT2D eigenvalue weighted by Gasteiger charge is 2.38. The maximum Gasteiger partial charge on any atom is 0.245 e. The van der Waals surface area contributed by atoms with E-state index in [0.29, 0.717) is 11.5 Å². The van der Waals surface area contributed by atoms with Crippen molar-refractivity contribution in [2.45, 2.75) is 51.5 Å². The van der Waals surface area contributed by atoms with Gasteiger partial charge in [-0.3, -0.25) is 5.10 Å². The first kappa shape index (κ1) is 18.4. The van der Waals surface area contributed by atoms with Crippen LogP contribution in [-0.4, -0.2) is 51.0 Å². The number of aromatic nitrogens is 5. The molecule has 0 aromatic carbocycles. The maximum absolute atomic E-state index is 4.88. The van der Waals surface area contributed by atoms with E-state index in [1.807, 2.05) is 35.8 Å². The van der Waals surface area contributed by atoms with Gasteiger partial charge in [0.25, 0.3) is 0 Å². The predicted molar refractivity (Wildman–Crippen MR) is 115 cm³/mol. The molecule has 29 heavy (non-hydrogen) atoms. The largest absolute Gasteiger partial charge is 0.339 e. The van der Waals surface area contributed by atoms with Crippen LogP contribution in [0.3, 0.4) is 0 Å². The highest BCUT2D eigenvalue weighted by atomic mass is 15.4. The molecule has 154 valence electrons. The van der Waals surface area contributed by atoms with Crippen LogP contribution in [0.15, 0.2) is 24.4 Å². The van der Waals surface area contributed by atoms with E-state index in [1.54, 1.807) is 0 Å². The zero-order valence-corrected chi connectivity index (χ0v) is 17.3. The van der Waals surface area contributed by atoms with Crippen LogP contribution in [-0.2, 0) is 0 Å². The van der Waals surface area contributed by atoms with Gasteiger partial charge < -0.3 is 15.5 Å². The van der Waals surface area contributed by atoms with E-state index < -0.39 is 0 Å². The molecule has 2 fully saturated rings. The first-order chi connectivity index (χ1) is 14.1. The van der Waals surface area contributed by atoms with Crippen LogP contribution >= 0.6 is 0 Å². The number of aromatic amines is 1. The second-order valence-corrected chi connectivity index (χ2v) is 8.71. The van der Waals surface area contributed by atoms with Gasteiger partial charge in [-0.2, -0.15) is 10.1 Å². The number of nitrogens with one attached hydrogen (secondary N) is 3. The molecule has 3 N–H and O–H groups in total. The standard InChI is InChI=1S/C21H30N8/c1-15-14-18(26-25-15)23-19-17-4-3-11-29(17)27-20(24-19)28-12-9-21(10-13-28)7-5-16(22-2)6-8-21/h3-4,11,14,16,22H,5-10,12-13H2,1-2H3,(H2,23,24,25,26,27). The second kappa shape index (κ2) is 7.33. The van der Waals surface area contributed by atoms with E-state index in [0.717, 1.165) is 41.9 Å². The molecule has 3 aromatic heterocycles. The number of fused-ring (bicyclic) bond motifs is 1. The van der Waals surface area contributed by atoms with Crippen molar-refractivity contribution in [3.8, 4) is 0 Å². The quantitative estimate of drug-likeness (QED) is 0.630. The Morgan fingerprint density at radius 1 is 1.17 bits per heavy atom. The van der Waals surface area contributed by atoms with Crippen molar-refractivity contribution < 1.29 is 0 Å². The number of anilines is 3. The Bertz CT molecular complexity index is 972. The first-order valence-corrected chi connectivity index (χ1v) is 10.7. The molecule has 5 rings (SSSR count). The van der Waals surface area contributed by atoms with E-state index in [-0.39, 0.29) is 0 Å². The number of H-pyrrole nitrogens is 1. The average molecular weight is 395 g/mol. The lowest BCUT2D eigenvalue weighted by molar-refractivity contribution is 0.126. The van der Waals surface area contributed by atoms with Gasteiger partial charge in [-0.05, 0) is 70.0 Å². The van der Waals surface area contributed by atoms with Gasteiger partial charge in [0.15, 0.2) is 11.6 Å². The van der Waals surface area contributed by atoms with Crippen molar-refractivity contribution in [1.29, 1.82) is 0 Å². The third kappa shape index (κ3) is 3.57. The summed E-state index contributed by atoms with van der Waals surface area (Å²) in [6.45, 7) is 4.04. The second-order valence-electron chi connectivity index (χ2n) is 8.71. The summed E-state index contributed by atoms with van der Waals surface area (Å²) in [5, 5.41) is 18.8. The molecule has 2 aliphatic rings. The molecule has 1 saturated carbocycles. The summed E-state index contributed by atoms with van der Waals surface area (Å²) < 4.78 is 1.91. The lowest BCUT2D eigenvalue weighted by Crippen LogP contribution is -2.44. The summed E-state index contributed by atoms with van der Waals surface area (Å²) in [6.07, 6.45) is 9.74. The molecular weight excluding hydrogens is 364 g/mol. The molecule has 3 aromatic rings. The van der Waals surface area contributed by atoms with Gasteiger partial charge in [0, 0.05) is 37.1 Å². The zero-order chi connectivity index (χ0) is 19.8. The van der Waals surface area contributed by atoms with Crippen LogP contribution in [0.1, 0.15) is 44.2 Å². The molecule has 1 aliphatic heterocycles. The lowest BCUT2D eigenvalue weighted by atomic mass is 9.67. The normalized spacial score (nSPS) is 19.9. The predicted octanol–water partition coefficient (Wildman–Crippen LogP) is 3.25. The van der Waals surface area contributed by atoms with Crippen LogP contribution in [0.2, 0.25) is 0 Å². The van der Waals surface area contributed by atoms with Gasteiger partial charge in [0.2, 0.25) is 5.95 Å². The Kier molecular flexibility index (Phi) is 4.66. The smallest absolute Gasteiger partial charge is 0.245 e. The molecule has 1 spiro atoms. The Morgan fingerprint density at radius 2 is 1.97 bits per heavy atom. The molecular formula is C21H30N8. The van der Waals surface area contributed by atoms with Gasteiger partial charge in [-0.15, -0.1) is 5.10 Å². The molecule has 0 unspecified atom stereocenters. The summed E-state index contributed by atoms with van der Waals surface area (Å²) in [7, 11) is 2.09. The number of nitrogens with zero attached hydrogens (tertiary/aromatic N) is 5. The van der Waals surface area contributed by atoms with Crippen molar-refractivity contribution in [3.05, 3.63) is 30.1 Å². The van der Waals surface area contributed by atoms with E-state index in [1.165, 1.54) is 38.5 Å². The molecule has 8 nitrogen and oxygen atoms in total. The molecule has 1 aliphatic carbocycles. The molecule has 0 atom stereocenters. The fourth-order valence-electron chi connectivity index (χ4n) is 4.95. The number of piperidine rings is 1. The van der Waals surface area contributed by atoms with Gasteiger partial charge in [0.05, 0.1) is 0 Å². The summed E-state index contributed by atoms with van der Waals surface area (Å²) in [6, 6.07) is 6.71. The summed E-state index contributed by atoms with van der Waals surface area (Å²) >= 11 is 0. The highest BCUT2D eigenvalue weighted by Crippen LogP contribution is 2.45. The summed E-state index contributed by atoms with van der Waals surface area (Å²) in [5.41, 5.74) is 2.49. The minimum Gasteiger partial charge on any atom is -0.339 e. The Labute approximate surface area is 171 Å². The first-order valence-electron chi connectivity index (χ1n) is 10.7. The van der Waals surface area contributed by atoms with Crippen molar-refractivity contribution in [2.75, 3.05) is 30.4 Å². The minimum atomic E-state index is 0.523. The topological polar surface area (TPSA) is 86.2 Å². The highest BCUT2D eigenvalue weighted by molar-refractivity contribution is 5.73. The molecule has 4 heterocycles. The zero-order valence-electron chi connectivity index (χ0n) is 17.3. The fourth-order valence-corrected chi connectivity index (χ4v) is 4.95. The van der Waals surface area contributed by atoms with E-state index in [9.17, 15) is 0 Å². The van der Waals surface area contributed by atoms with Gasteiger partial charge in [-0.25, -0.2) is 4.52 Å². The summed E-state index contributed by atoms with van der Waals surface area (Å²) in [5.74, 6) is 2.36. The molecule has 0 bridgehead atoms. The Morgan fingerprint density at radius 3 is 2.66 bits per heavy atom. The number of aryl methyl sites for hydroxylation is 1. The third-order valence-electron chi connectivity index (χ3n) is 6.89. The van der Waals surface area contributed by atoms with Crippen LogP contribution in [0, 0.1) is 12.3 Å².